The molecule has 2 N–H and O–H groups in total. The van der Waals surface area contributed by atoms with Gasteiger partial charge >= 0.3 is 0 Å². The third kappa shape index (κ3) is 1.29. The van der Waals surface area contributed by atoms with E-state index in [4.69, 9.17) is 5.73 Å². The van der Waals surface area contributed by atoms with Crippen LogP contribution in [0.5, 0.6) is 0 Å². The van der Waals surface area contributed by atoms with Crippen LogP contribution in [-0.4, -0.2) is 4.98 Å². The Balaban J connectivity index is 2.42. The molecule has 0 aliphatic heterocycles. The molecule has 0 fully saturated rings. The molecule has 1 aliphatic carbocycles. The number of fused-ring (bicyclic) bond motifs is 1. The van der Waals surface area contributed by atoms with Crippen molar-refractivity contribution in [2.45, 2.75) is 32.1 Å². The van der Waals surface area contributed by atoms with Crippen LogP contribution in [0.15, 0.2) is 12.3 Å². The lowest BCUT2D eigenvalue weighted by molar-refractivity contribution is 0.712. The largest absolute Gasteiger partial charge is 0.383 e. The summed E-state index contributed by atoms with van der Waals surface area (Å²) in [6.45, 7) is 0. The van der Waals surface area contributed by atoms with Gasteiger partial charge in [-0.05, 0) is 42.9 Å². The topological polar surface area (TPSA) is 38.9 Å². The zero-order valence-corrected chi connectivity index (χ0v) is 7.21. The maximum Gasteiger partial charge on any atom is 0.126 e. The Hall–Kier alpha value is -1.05. The van der Waals surface area contributed by atoms with Crippen LogP contribution in [0.3, 0.4) is 0 Å². The summed E-state index contributed by atoms with van der Waals surface area (Å²) in [6.07, 6.45) is 8.02. The molecule has 0 radical (unpaired) electrons. The van der Waals surface area contributed by atoms with Crippen molar-refractivity contribution >= 4 is 5.82 Å². The summed E-state index contributed by atoms with van der Waals surface area (Å²) >= 11 is 0. The van der Waals surface area contributed by atoms with E-state index >= 15 is 0 Å². The van der Waals surface area contributed by atoms with E-state index in [0.717, 1.165) is 12.2 Å². The molecule has 2 heteroatoms. The Bertz CT molecular complexity index is 281. The first-order chi connectivity index (χ1) is 5.88. The Morgan fingerprint density at radius 1 is 1.17 bits per heavy atom. The quantitative estimate of drug-likeness (QED) is 0.592. The third-order valence-corrected chi connectivity index (χ3v) is 2.56. The fourth-order valence-corrected chi connectivity index (χ4v) is 1.87. The Kier molecular flexibility index (Phi) is 1.98. The van der Waals surface area contributed by atoms with Crippen molar-refractivity contribution in [1.29, 1.82) is 0 Å². The Labute approximate surface area is 72.8 Å². The van der Waals surface area contributed by atoms with E-state index in [1.807, 2.05) is 6.20 Å². The van der Waals surface area contributed by atoms with Gasteiger partial charge in [0, 0.05) is 6.20 Å². The number of aryl methyl sites for hydroxylation is 1. The highest BCUT2D eigenvalue weighted by atomic mass is 14.8. The van der Waals surface area contributed by atoms with Gasteiger partial charge in [0.1, 0.15) is 5.82 Å². The zero-order valence-electron chi connectivity index (χ0n) is 7.21. The minimum absolute atomic E-state index is 0.745. The number of anilines is 1. The lowest BCUT2D eigenvalue weighted by atomic mass is 10.1. The Morgan fingerprint density at radius 3 is 2.92 bits per heavy atom. The van der Waals surface area contributed by atoms with Crippen LogP contribution in [0, 0.1) is 0 Å². The molecular formula is C10H14N2. The summed E-state index contributed by atoms with van der Waals surface area (Å²) in [6, 6.07) is 2.11. The van der Waals surface area contributed by atoms with E-state index in [1.165, 1.54) is 36.8 Å². The van der Waals surface area contributed by atoms with E-state index in [0.29, 0.717) is 0 Å². The molecule has 2 nitrogen and oxygen atoms in total. The van der Waals surface area contributed by atoms with Gasteiger partial charge in [-0.1, -0.05) is 6.42 Å². The molecule has 1 aliphatic rings. The van der Waals surface area contributed by atoms with Crippen molar-refractivity contribution in [1.82, 2.24) is 4.98 Å². The van der Waals surface area contributed by atoms with Gasteiger partial charge in [0.2, 0.25) is 0 Å². The monoisotopic (exact) mass is 162 g/mol. The molecule has 0 atom stereocenters. The van der Waals surface area contributed by atoms with Crippen molar-refractivity contribution in [3.8, 4) is 0 Å². The summed E-state index contributed by atoms with van der Waals surface area (Å²) in [5.74, 6) is 0.745. The fraction of sp³-hybridized carbons (Fsp3) is 0.500. The second kappa shape index (κ2) is 3.13. The molecule has 0 amide bonds. The third-order valence-electron chi connectivity index (χ3n) is 2.56. The minimum atomic E-state index is 0.745. The summed E-state index contributed by atoms with van der Waals surface area (Å²) in [5.41, 5.74) is 8.52. The summed E-state index contributed by atoms with van der Waals surface area (Å²) < 4.78 is 0. The molecule has 0 aromatic carbocycles. The predicted octanol–water partition coefficient (Wildman–Crippen LogP) is 1.93. The van der Waals surface area contributed by atoms with Crippen LogP contribution in [0.2, 0.25) is 0 Å². The fourth-order valence-electron chi connectivity index (χ4n) is 1.87. The highest BCUT2D eigenvalue weighted by Gasteiger charge is 2.10. The maximum atomic E-state index is 5.80. The molecule has 0 bridgehead atoms. The first-order valence-corrected chi connectivity index (χ1v) is 4.60. The van der Waals surface area contributed by atoms with Crippen LogP contribution in [-0.2, 0) is 12.8 Å². The van der Waals surface area contributed by atoms with Crippen LogP contribution in [0.1, 0.15) is 30.4 Å². The van der Waals surface area contributed by atoms with Gasteiger partial charge in [0.05, 0.1) is 0 Å². The zero-order chi connectivity index (χ0) is 8.39. The van der Waals surface area contributed by atoms with Gasteiger partial charge < -0.3 is 5.73 Å². The first-order valence-electron chi connectivity index (χ1n) is 4.60. The molecule has 0 spiro atoms. The molecule has 1 heterocycles. The molecule has 0 saturated carbocycles. The normalized spacial score (nSPS) is 16.7. The van der Waals surface area contributed by atoms with E-state index in [2.05, 4.69) is 11.1 Å². The lowest BCUT2D eigenvalue weighted by Gasteiger charge is -2.06. The van der Waals surface area contributed by atoms with Crippen LogP contribution < -0.4 is 5.73 Å². The number of hydrogen-bond acceptors (Lipinski definition) is 2. The molecule has 12 heavy (non-hydrogen) atoms. The molecular weight excluding hydrogens is 148 g/mol. The second-order valence-corrected chi connectivity index (χ2v) is 3.39. The summed E-state index contributed by atoms with van der Waals surface area (Å²) in [4.78, 5) is 4.11. The van der Waals surface area contributed by atoms with Crippen LogP contribution >= 0.6 is 0 Å². The predicted molar refractivity (Wildman–Crippen MR) is 49.9 cm³/mol. The number of nitrogen functional groups attached to an aromatic ring is 1. The number of nitrogens with zero attached hydrogens (tertiary/aromatic N) is 1. The van der Waals surface area contributed by atoms with Gasteiger partial charge in [-0.15, -0.1) is 0 Å². The maximum absolute atomic E-state index is 5.80. The summed E-state index contributed by atoms with van der Waals surface area (Å²) in [7, 11) is 0. The summed E-state index contributed by atoms with van der Waals surface area (Å²) in [5, 5.41) is 0. The van der Waals surface area contributed by atoms with Gasteiger partial charge in [-0.2, -0.15) is 0 Å². The number of aromatic nitrogens is 1. The van der Waals surface area contributed by atoms with E-state index in [1.54, 1.807) is 0 Å². The van der Waals surface area contributed by atoms with Crippen molar-refractivity contribution in [2.75, 3.05) is 5.73 Å². The molecule has 2 rings (SSSR count). The SMILES string of the molecule is Nc1nccc2c1CCCCC2. The Morgan fingerprint density at radius 2 is 2.00 bits per heavy atom. The van der Waals surface area contributed by atoms with Gasteiger partial charge in [-0.3, -0.25) is 0 Å². The second-order valence-electron chi connectivity index (χ2n) is 3.39. The average Bonchev–Trinajstić information content (AvgIpc) is 2.30. The highest BCUT2D eigenvalue weighted by Crippen LogP contribution is 2.23. The van der Waals surface area contributed by atoms with Crippen LogP contribution in [0.4, 0.5) is 5.82 Å². The van der Waals surface area contributed by atoms with E-state index in [-0.39, 0.29) is 0 Å². The minimum Gasteiger partial charge on any atom is -0.383 e. The lowest BCUT2D eigenvalue weighted by Crippen LogP contribution is -2.00. The molecule has 1 aromatic rings. The van der Waals surface area contributed by atoms with Gasteiger partial charge in [-0.25, -0.2) is 4.98 Å². The van der Waals surface area contributed by atoms with Crippen molar-refractivity contribution < 1.29 is 0 Å². The molecule has 1 aromatic heterocycles. The van der Waals surface area contributed by atoms with E-state index < -0.39 is 0 Å². The average molecular weight is 162 g/mol. The van der Waals surface area contributed by atoms with Gasteiger partial charge in [0.25, 0.3) is 0 Å². The van der Waals surface area contributed by atoms with Crippen LogP contribution in [0.25, 0.3) is 0 Å². The number of nitrogens with two attached hydrogens (primary N) is 1. The molecule has 0 unspecified atom stereocenters. The smallest absolute Gasteiger partial charge is 0.126 e. The number of pyridine rings is 1. The molecule has 64 valence electrons. The van der Waals surface area contributed by atoms with Gasteiger partial charge in [0.15, 0.2) is 0 Å². The first kappa shape index (κ1) is 7.59. The highest BCUT2D eigenvalue weighted by molar-refractivity contribution is 5.44. The number of rotatable bonds is 0. The standard InChI is InChI=1S/C10H14N2/c11-10-9-5-3-1-2-4-8(9)6-7-12-10/h6-7H,1-5H2,(H2,11,12). The van der Waals surface area contributed by atoms with Crippen molar-refractivity contribution in [3.63, 3.8) is 0 Å². The number of hydrogen-bond donors (Lipinski definition) is 1. The van der Waals surface area contributed by atoms with Crippen molar-refractivity contribution in [3.05, 3.63) is 23.4 Å². The van der Waals surface area contributed by atoms with E-state index in [9.17, 15) is 0 Å². The van der Waals surface area contributed by atoms with Crippen molar-refractivity contribution in [2.24, 2.45) is 0 Å². The molecule has 0 saturated heterocycles.